The first-order chi connectivity index (χ1) is 9.43. The van der Waals surface area contributed by atoms with Gasteiger partial charge < -0.3 is 0 Å². The average Bonchev–Trinajstić information content (AvgIpc) is 3.01. The fraction of sp³-hybridized carbons (Fsp3) is 0.294. The molecule has 1 atom stereocenters. The zero-order valence-corrected chi connectivity index (χ0v) is 11.9. The van der Waals surface area contributed by atoms with E-state index >= 15 is 0 Å². The molecular formula is C17H19NS. The third-order valence-electron chi connectivity index (χ3n) is 3.67. The van der Waals surface area contributed by atoms with Gasteiger partial charge >= 0.3 is 0 Å². The van der Waals surface area contributed by atoms with Crippen LogP contribution in [0.4, 0.5) is 0 Å². The number of nitrogens with zero attached hydrogens (tertiary/aromatic N) is 1. The number of rotatable bonds is 4. The predicted octanol–water partition coefficient (Wildman–Crippen LogP) is 4.29. The highest BCUT2D eigenvalue weighted by Crippen LogP contribution is 2.29. The molecular weight excluding hydrogens is 250 g/mol. The van der Waals surface area contributed by atoms with Crippen LogP contribution in [0.5, 0.6) is 0 Å². The van der Waals surface area contributed by atoms with Crippen LogP contribution in [-0.2, 0) is 6.42 Å². The first-order valence-electron chi connectivity index (χ1n) is 6.90. The normalized spacial score (nSPS) is 17.5. The Bertz CT molecular complexity index is 515. The Labute approximate surface area is 119 Å². The van der Waals surface area contributed by atoms with E-state index in [4.69, 9.17) is 0 Å². The Kier molecular flexibility index (Phi) is 4.11. The molecule has 2 heterocycles. The smallest absolute Gasteiger partial charge is 0.0485 e. The van der Waals surface area contributed by atoms with E-state index in [0.717, 1.165) is 13.0 Å². The third-order valence-corrected chi connectivity index (χ3v) is 4.65. The van der Waals surface area contributed by atoms with Gasteiger partial charge in [0.05, 0.1) is 0 Å². The molecule has 0 fully saturated rings. The summed E-state index contributed by atoms with van der Waals surface area (Å²) in [5, 5.41) is 2.19. The molecule has 0 N–H and O–H groups in total. The van der Waals surface area contributed by atoms with E-state index in [-0.39, 0.29) is 0 Å². The maximum absolute atomic E-state index is 2.60. The molecule has 2 heteroatoms. The first-order valence-corrected chi connectivity index (χ1v) is 7.78. The SMILES string of the molecule is C1=CCN(C(Cc2ccccc2)c2cccs2)CC1. The number of benzene rings is 1. The Morgan fingerprint density at radius 1 is 1.05 bits per heavy atom. The molecule has 1 aromatic carbocycles. The van der Waals surface area contributed by atoms with Crippen molar-refractivity contribution in [3.05, 3.63) is 70.4 Å². The molecule has 3 rings (SSSR count). The van der Waals surface area contributed by atoms with Gasteiger partial charge in [0.25, 0.3) is 0 Å². The lowest BCUT2D eigenvalue weighted by Crippen LogP contribution is -2.32. The van der Waals surface area contributed by atoms with Crippen LogP contribution in [0.3, 0.4) is 0 Å². The topological polar surface area (TPSA) is 3.24 Å². The molecule has 1 unspecified atom stereocenters. The minimum atomic E-state index is 0.521. The zero-order chi connectivity index (χ0) is 12.9. The van der Waals surface area contributed by atoms with Crippen molar-refractivity contribution in [3.63, 3.8) is 0 Å². The van der Waals surface area contributed by atoms with Crippen LogP contribution in [0.1, 0.15) is 22.9 Å². The molecule has 0 saturated heterocycles. The van der Waals surface area contributed by atoms with Crippen molar-refractivity contribution >= 4 is 11.3 Å². The lowest BCUT2D eigenvalue weighted by atomic mass is 10.0. The molecule has 1 aliphatic rings. The summed E-state index contributed by atoms with van der Waals surface area (Å²) in [7, 11) is 0. The van der Waals surface area contributed by atoms with Crippen molar-refractivity contribution in [2.45, 2.75) is 18.9 Å². The molecule has 0 spiro atoms. The molecule has 0 radical (unpaired) electrons. The van der Waals surface area contributed by atoms with E-state index in [1.807, 2.05) is 11.3 Å². The van der Waals surface area contributed by atoms with Crippen molar-refractivity contribution in [2.75, 3.05) is 13.1 Å². The second-order valence-corrected chi connectivity index (χ2v) is 5.96. The van der Waals surface area contributed by atoms with Gasteiger partial charge in [-0.3, -0.25) is 4.90 Å². The van der Waals surface area contributed by atoms with Gasteiger partial charge in [-0.2, -0.15) is 0 Å². The van der Waals surface area contributed by atoms with Crippen molar-refractivity contribution in [1.82, 2.24) is 4.90 Å². The maximum Gasteiger partial charge on any atom is 0.0485 e. The summed E-state index contributed by atoms with van der Waals surface area (Å²) < 4.78 is 0. The Morgan fingerprint density at radius 2 is 1.95 bits per heavy atom. The lowest BCUT2D eigenvalue weighted by Gasteiger charge is -2.32. The molecule has 0 saturated carbocycles. The van der Waals surface area contributed by atoms with Crippen LogP contribution in [0.25, 0.3) is 0 Å². The molecule has 1 aromatic heterocycles. The van der Waals surface area contributed by atoms with Crippen molar-refractivity contribution in [1.29, 1.82) is 0 Å². The number of thiophene rings is 1. The zero-order valence-electron chi connectivity index (χ0n) is 11.0. The van der Waals surface area contributed by atoms with Gasteiger partial charge in [0.15, 0.2) is 0 Å². The van der Waals surface area contributed by atoms with Crippen LogP contribution in [0.2, 0.25) is 0 Å². The highest BCUT2D eigenvalue weighted by atomic mass is 32.1. The lowest BCUT2D eigenvalue weighted by molar-refractivity contribution is 0.217. The molecule has 0 bridgehead atoms. The van der Waals surface area contributed by atoms with E-state index in [1.54, 1.807) is 0 Å². The summed E-state index contributed by atoms with van der Waals surface area (Å²) in [5.74, 6) is 0. The highest BCUT2D eigenvalue weighted by Gasteiger charge is 2.21. The fourth-order valence-corrected chi connectivity index (χ4v) is 3.53. The van der Waals surface area contributed by atoms with Crippen LogP contribution >= 0.6 is 11.3 Å². The summed E-state index contributed by atoms with van der Waals surface area (Å²) in [4.78, 5) is 4.08. The largest absolute Gasteiger partial charge is 0.291 e. The van der Waals surface area contributed by atoms with Crippen LogP contribution in [-0.4, -0.2) is 18.0 Å². The van der Waals surface area contributed by atoms with Gasteiger partial charge in [-0.1, -0.05) is 48.6 Å². The Hall–Kier alpha value is -1.38. The van der Waals surface area contributed by atoms with E-state index in [9.17, 15) is 0 Å². The van der Waals surface area contributed by atoms with Crippen molar-refractivity contribution in [3.8, 4) is 0 Å². The number of hydrogen-bond acceptors (Lipinski definition) is 2. The average molecular weight is 269 g/mol. The van der Waals surface area contributed by atoms with Gasteiger partial charge in [0.2, 0.25) is 0 Å². The quantitative estimate of drug-likeness (QED) is 0.748. The molecule has 0 amide bonds. The van der Waals surface area contributed by atoms with E-state index in [2.05, 4.69) is 64.9 Å². The Balaban J connectivity index is 1.82. The minimum Gasteiger partial charge on any atom is -0.291 e. The van der Waals surface area contributed by atoms with Crippen LogP contribution in [0, 0.1) is 0 Å². The maximum atomic E-state index is 2.60. The highest BCUT2D eigenvalue weighted by molar-refractivity contribution is 7.10. The van der Waals surface area contributed by atoms with Crippen LogP contribution < -0.4 is 0 Å². The number of hydrogen-bond donors (Lipinski definition) is 0. The van der Waals surface area contributed by atoms with E-state index in [1.165, 1.54) is 23.4 Å². The molecule has 19 heavy (non-hydrogen) atoms. The fourth-order valence-electron chi connectivity index (χ4n) is 2.67. The summed E-state index contributed by atoms with van der Waals surface area (Å²) in [6, 6.07) is 15.8. The van der Waals surface area contributed by atoms with Crippen molar-refractivity contribution < 1.29 is 0 Å². The summed E-state index contributed by atoms with van der Waals surface area (Å²) in [6.45, 7) is 2.25. The summed E-state index contributed by atoms with van der Waals surface area (Å²) >= 11 is 1.88. The first kappa shape index (κ1) is 12.6. The molecule has 1 nitrogen and oxygen atoms in total. The van der Waals surface area contributed by atoms with Gasteiger partial charge in [-0.05, 0) is 29.9 Å². The Morgan fingerprint density at radius 3 is 2.63 bits per heavy atom. The van der Waals surface area contributed by atoms with Gasteiger partial charge in [0.1, 0.15) is 0 Å². The second-order valence-electron chi connectivity index (χ2n) is 4.98. The van der Waals surface area contributed by atoms with Gasteiger partial charge in [-0.25, -0.2) is 0 Å². The van der Waals surface area contributed by atoms with Gasteiger partial charge in [-0.15, -0.1) is 11.3 Å². The summed E-state index contributed by atoms with van der Waals surface area (Å²) in [5.41, 5.74) is 1.43. The molecule has 2 aromatic rings. The van der Waals surface area contributed by atoms with Crippen LogP contribution in [0.15, 0.2) is 60.0 Å². The molecule has 98 valence electrons. The van der Waals surface area contributed by atoms with E-state index < -0.39 is 0 Å². The predicted molar refractivity (Wildman–Crippen MR) is 82.5 cm³/mol. The summed E-state index contributed by atoms with van der Waals surface area (Å²) in [6.07, 6.45) is 6.88. The standard InChI is InChI=1S/C17H19NS/c1-3-8-15(9-4-1)14-16(17-10-7-13-19-17)18-11-5-2-6-12-18/h1-5,7-10,13,16H,6,11-12,14H2. The van der Waals surface area contributed by atoms with E-state index in [0.29, 0.717) is 6.04 Å². The molecule has 1 aliphatic heterocycles. The second kappa shape index (κ2) is 6.18. The monoisotopic (exact) mass is 269 g/mol. The molecule has 0 aliphatic carbocycles. The van der Waals surface area contributed by atoms with Crippen molar-refractivity contribution in [2.24, 2.45) is 0 Å². The third kappa shape index (κ3) is 3.14. The minimum absolute atomic E-state index is 0.521. The van der Waals surface area contributed by atoms with Gasteiger partial charge in [0, 0.05) is 24.0 Å².